The summed E-state index contributed by atoms with van der Waals surface area (Å²) in [6.07, 6.45) is 3.02. The van der Waals surface area contributed by atoms with Crippen LogP contribution in [0, 0.1) is 0 Å². The van der Waals surface area contributed by atoms with Crippen LogP contribution in [0.3, 0.4) is 0 Å². The van der Waals surface area contributed by atoms with E-state index in [0.717, 1.165) is 6.42 Å². The minimum atomic E-state index is -0.0335. The predicted octanol–water partition coefficient (Wildman–Crippen LogP) is 2.10. The summed E-state index contributed by atoms with van der Waals surface area (Å²) < 4.78 is 5.13. The molecule has 0 saturated heterocycles. The molecule has 0 aliphatic carbocycles. The van der Waals surface area contributed by atoms with Crippen molar-refractivity contribution in [2.24, 2.45) is 0 Å². The fraction of sp³-hybridized carbons (Fsp3) is 0.353. The lowest BCUT2D eigenvalue weighted by Gasteiger charge is -2.16. The van der Waals surface area contributed by atoms with Gasteiger partial charge in [0.25, 0.3) is 0 Å². The number of carbonyl (C=O) groups excluding carboxylic acids is 1. The van der Waals surface area contributed by atoms with Crippen LogP contribution in [0.4, 0.5) is 0 Å². The van der Waals surface area contributed by atoms with E-state index < -0.39 is 0 Å². The van der Waals surface area contributed by atoms with Crippen molar-refractivity contribution in [2.75, 3.05) is 6.54 Å². The summed E-state index contributed by atoms with van der Waals surface area (Å²) in [7, 11) is 0. The zero-order chi connectivity index (χ0) is 17.5. The van der Waals surface area contributed by atoms with Gasteiger partial charge in [0.1, 0.15) is 6.33 Å². The first-order valence-electron chi connectivity index (χ1n) is 8.26. The highest BCUT2D eigenvalue weighted by molar-refractivity contribution is 5.76. The summed E-state index contributed by atoms with van der Waals surface area (Å²) >= 11 is 0. The molecule has 3 rings (SSSR count). The number of hydrogen-bond acceptors (Lipinski definition) is 6. The number of hydrogen-bond donors (Lipinski definition) is 2. The van der Waals surface area contributed by atoms with Gasteiger partial charge in [0.2, 0.25) is 17.6 Å². The van der Waals surface area contributed by atoms with E-state index in [-0.39, 0.29) is 5.91 Å². The number of rotatable bonds is 8. The molecule has 3 aromatic rings. The third-order valence-corrected chi connectivity index (χ3v) is 3.97. The molecule has 1 atom stereocenters. The summed E-state index contributed by atoms with van der Waals surface area (Å²) in [5.74, 6) is 1.45. The number of benzene rings is 1. The first kappa shape index (κ1) is 16.8. The molecule has 1 unspecified atom stereocenters. The van der Waals surface area contributed by atoms with Gasteiger partial charge in [-0.15, -0.1) is 0 Å². The van der Waals surface area contributed by atoms with Crippen LogP contribution in [0.5, 0.6) is 0 Å². The SMILES string of the molecule is CCC(CNC(=O)CCc1nc(-c2ncn[nH]2)no1)c1ccccc1. The molecule has 130 valence electrons. The quantitative estimate of drug-likeness (QED) is 0.650. The number of H-pyrrole nitrogens is 1. The van der Waals surface area contributed by atoms with Crippen LogP contribution in [-0.4, -0.2) is 37.8 Å². The Morgan fingerprint density at radius 3 is 2.88 bits per heavy atom. The van der Waals surface area contributed by atoms with Crippen LogP contribution >= 0.6 is 0 Å². The lowest BCUT2D eigenvalue weighted by atomic mass is 9.96. The van der Waals surface area contributed by atoms with Gasteiger partial charge in [0, 0.05) is 25.3 Å². The Balaban J connectivity index is 1.46. The highest BCUT2D eigenvalue weighted by atomic mass is 16.5. The largest absolute Gasteiger partial charge is 0.355 e. The molecule has 25 heavy (non-hydrogen) atoms. The van der Waals surface area contributed by atoms with Crippen molar-refractivity contribution in [1.29, 1.82) is 0 Å². The molecule has 0 saturated carbocycles. The Kier molecular flexibility index (Phi) is 5.50. The topological polar surface area (TPSA) is 110 Å². The van der Waals surface area contributed by atoms with E-state index in [0.29, 0.717) is 42.8 Å². The monoisotopic (exact) mass is 340 g/mol. The number of aromatic nitrogens is 5. The molecular formula is C17H20N6O2. The van der Waals surface area contributed by atoms with Gasteiger partial charge < -0.3 is 9.84 Å². The van der Waals surface area contributed by atoms with Gasteiger partial charge in [-0.1, -0.05) is 42.4 Å². The van der Waals surface area contributed by atoms with E-state index in [2.05, 4.69) is 49.7 Å². The van der Waals surface area contributed by atoms with Gasteiger partial charge in [-0.25, -0.2) is 4.98 Å². The third-order valence-electron chi connectivity index (χ3n) is 3.97. The maximum absolute atomic E-state index is 12.1. The number of carbonyl (C=O) groups is 1. The molecule has 2 aromatic heterocycles. The van der Waals surface area contributed by atoms with Gasteiger partial charge in [-0.2, -0.15) is 10.1 Å². The maximum Gasteiger partial charge on any atom is 0.239 e. The zero-order valence-electron chi connectivity index (χ0n) is 14.0. The fourth-order valence-corrected chi connectivity index (χ4v) is 2.53. The lowest BCUT2D eigenvalue weighted by Crippen LogP contribution is -2.28. The van der Waals surface area contributed by atoms with Crippen molar-refractivity contribution < 1.29 is 9.32 Å². The van der Waals surface area contributed by atoms with Crippen molar-refractivity contribution in [3.8, 4) is 11.6 Å². The van der Waals surface area contributed by atoms with E-state index in [1.165, 1.54) is 11.9 Å². The Hall–Kier alpha value is -3.03. The third kappa shape index (κ3) is 4.50. The van der Waals surface area contributed by atoms with Gasteiger partial charge in [-0.3, -0.25) is 9.89 Å². The van der Waals surface area contributed by atoms with Gasteiger partial charge in [0.15, 0.2) is 5.82 Å². The van der Waals surface area contributed by atoms with E-state index in [1.54, 1.807) is 0 Å². The van der Waals surface area contributed by atoms with Crippen LogP contribution in [0.15, 0.2) is 41.2 Å². The van der Waals surface area contributed by atoms with Gasteiger partial charge >= 0.3 is 0 Å². The molecule has 0 aliphatic rings. The molecule has 0 bridgehead atoms. The van der Waals surface area contributed by atoms with E-state index in [1.807, 2.05) is 18.2 Å². The number of aryl methyl sites for hydroxylation is 1. The minimum Gasteiger partial charge on any atom is -0.355 e. The van der Waals surface area contributed by atoms with Gasteiger partial charge in [-0.05, 0) is 12.0 Å². The van der Waals surface area contributed by atoms with Crippen LogP contribution in [0.25, 0.3) is 11.6 Å². The van der Waals surface area contributed by atoms with Crippen LogP contribution in [0.1, 0.15) is 37.1 Å². The molecule has 8 heteroatoms. The fourth-order valence-electron chi connectivity index (χ4n) is 2.53. The first-order chi connectivity index (χ1) is 12.3. The summed E-state index contributed by atoms with van der Waals surface area (Å²) in [4.78, 5) is 20.2. The molecule has 1 amide bonds. The molecule has 0 fully saturated rings. The Bertz CT molecular complexity index is 785. The first-order valence-corrected chi connectivity index (χ1v) is 8.26. The second-order valence-corrected chi connectivity index (χ2v) is 5.67. The minimum absolute atomic E-state index is 0.0335. The highest BCUT2D eigenvalue weighted by Gasteiger charge is 2.14. The van der Waals surface area contributed by atoms with Crippen molar-refractivity contribution in [3.63, 3.8) is 0 Å². The number of nitrogens with one attached hydrogen (secondary N) is 2. The van der Waals surface area contributed by atoms with Crippen molar-refractivity contribution in [1.82, 2.24) is 30.6 Å². The van der Waals surface area contributed by atoms with Crippen molar-refractivity contribution in [3.05, 3.63) is 48.1 Å². The molecule has 2 N–H and O–H groups in total. The van der Waals surface area contributed by atoms with Gasteiger partial charge in [0.05, 0.1) is 0 Å². The molecular weight excluding hydrogens is 320 g/mol. The molecule has 0 spiro atoms. The van der Waals surface area contributed by atoms with Crippen molar-refractivity contribution >= 4 is 5.91 Å². The maximum atomic E-state index is 12.1. The normalized spacial score (nSPS) is 12.0. The van der Waals surface area contributed by atoms with Crippen LogP contribution < -0.4 is 5.32 Å². The zero-order valence-corrected chi connectivity index (χ0v) is 14.0. The smallest absolute Gasteiger partial charge is 0.239 e. The van der Waals surface area contributed by atoms with E-state index >= 15 is 0 Å². The van der Waals surface area contributed by atoms with Crippen molar-refractivity contribution in [2.45, 2.75) is 32.1 Å². The lowest BCUT2D eigenvalue weighted by molar-refractivity contribution is -0.121. The van der Waals surface area contributed by atoms with E-state index in [9.17, 15) is 4.79 Å². The molecule has 8 nitrogen and oxygen atoms in total. The summed E-state index contributed by atoms with van der Waals surface area (Å²) in [5, 5.41) is 13.2. The average molecular weight is 340 g/mol. The molecule has 1 aromatic carbocycles. The molecule has 0 aliphatic heterocycles. The predicted molar refractivity (Wildman–Crippen MR) is 90.5 cm³/mol. The summed E-state index contributed by atoms with van der Waals surface area (Å²) in [5.41, 5.74) is 1.24. The molecule has 0 radical (unpaired) electrons. The second kappa shape index (κ2) is 8.18. The summed E-state index contributed by atoms with van der Waals surface area (Å²) in [6.45, 7) is 2.74. The number of amides is 1. The summed E-state index contributed by atoms with van der Waals surface area (Å²) in [6, 6.07) is 10.2. The standard InChI is InChI=1S/C17H20N6O2/c1-2-12(13-6-4-3-5-7-13)10-18-14(24)8-9-15-21-17(23-25-15)16-19-11-20-22-16/h3-7,11-12H,2,8-10H2,1H3,(H,18,24)(H,19,20,22). The number of aromatic amines is 1. The van der Waals surface area contributed by atoms with Crippen LogP contribution in [-0.2, 0) is 11.2 Å². The Morgan fingerprint density at radius 2 is 2.16 bits per heavy atom. The van der Waals surface area contributed by atoms with Crippen LogP contribution in [0.2, 0.25) is 0 Å². The number of nitrogens with zero attached hydrogens (tertiary/aromatic N) is 4. The average Bonchev–Trinajstić information content (AvgIpc) is 3.33. The van der Waals surface area contributed by atoms with E-state index in [4.69, 9.17) is 4.52 Å². The second-order valence-electron chi connectivity index (χ2n) is 5.67. The Labute approximate surface area is 145 Å². The highest BCUT2D eigenvalue weighted by Crippen LogP contribution is 2.18. The Morgan fingerprint density at radius 1 is 1.32 bits per heavy atom. The molecule has 2 heterocycles.